The Morgan fingerprint density at radius 3 is 2.61 bits per heavy atom. The monoisotopic (exact) mass is 250 g/mol. The highest BCUT2D eigenvalue weighted by Gasteiger charge is 2.44. The van der Waals surface area contributed by atoms with Gasteiger partial charge in [-0.2, -0.15) is 5.26 Å². The molecule has 0 aliphatic carbocycles. The summed E-state index contributed by atoms with van der Waals surface area (Å²) in [4.78, 5) is 0. The van der Waals surface area contributed by atoms with Crippen LogP contribution in [-0.4, -0.2) is 13.1 Å². The van der Waals surface area contributed by atoms with Crippen LogP contribution < -0.4 is 5.32 Å². The highest BCUT2D eigenvalue weighted by molar-refractivity contribution is 5.21. The van der Waals surface area contributed by atoms with E-state index < -0.39 is 17.8 Å². The summed E-state index contributed by atoms with van der Waals surface area (Å²) < 4.78 is 28.4. The second-order valence-electron chi connectivity index (χ2n) is 4.92. The SMILES string of the molecule is N#CC1(CC(F)(F)c2ccccc2)CCCNC1. The van der Waals surface area contributed by atoms with E-state index in [0.29, 0.717) is 13.0 Å². The number of hydrogen-bond acceptors (Lipinski definition) is 2. The summed E-state index contributed by atoms with van der Waals surface area (Å²) in [7, 11) is 0. The summed E-state index contributed by atoms with van der Waals surface area (Å²) in [6.07, 6.45) is 0.908. The Labute approximate surface area is 106 Å². The van der Waals surface area contributed by atoms with Crippen LogP contribution in [0.15, 0.2) is 30.3 Å². The molecule has 0 bridgehead atoms. The van der Waals surface area contributed by atoms with Gasteiger partial charge < -0.3 is 5.32 Å². The first kappa shape index (κ1) is 13.0. The van der Waals surface area contributed by atoms with E-state index in [0.717, 1.165) is 13.0 Å². The van der Waals surface area contributed by atoms with E-state index in [2.05, 4.69) is 11.4 Å². The van der Waals surface area contributed by atoms with Crippen LogP contribution in [0.3, 0.4) is 0 Å². The summed E-state index contributed by atoms with van der Waals surface area (Å²) in [5.74, 6) is -2.95. The first-order chi connectivity index (χ1) is 8.58. The van der Waals surface area contributed by atoms with E-state index >= 15 is 0 Å². The van der Waals surface area contributed by atoms with Crippen molar-refractivity contribution in [2.45, 2.75) is 25.2 Å². The number of alkyl halides is 2. The van der Waals surface area contributed by atoms with Gasteiger partial charge in [0.15, 0.2) is 0 Å². The summed E-state index contributed by atoms with van der Waals surface area (Å²) in [5, 5.41) is 12.3. The van der Waals surface area contributed by atoms with E-state index in [1.54, 1.807) is 18.2 Å². The lowest BCUT2D eigenvalue weighted by molar-refractivity contribution is -0.0453. The van der Waals surface area contributed by atoms with Crippen molar-refractivity contribution in [3.63, 3.8) is 0 Å². The van der Waals surface area contributed by atoms with Crippen LogP contribution in [-0.2, 0) is 5.92 Å². The Hall–Kier alpha value is -1.47. The predicted molar refractivity (Wildman–Crippen MR) is 65.1 cm³/mol. The average molecular weight is 250 g/mol. The van der Waals surface area contributed by atoms with Gasteiger partial charge in [-0.15, -0.1) is 0 Å². The van der Waals surface area contributed by atoms with Crippen LogP contribution in [0.4, 0.5) is 8.78 Å². The van der Waals surface area contributed by atoms with Crippen molar-refractivity contribution >= 4 is 0 Å². The average Bonchev–Trinajstić information content (AvgIpc) is 2.40. The Bertz CT molecular complexity index is 431. The minimum Gasteiger partial charge on any atom is -0.315 e. The van der Waals surface area contributed by atoms with Crippen LogP contribution in [0.2, 0.25) is 0 Å². The molecule has 0 amide bonds. The van der Waals surface area contributed by atoms with Gasteiger partial charge in [0.1, 0.15) is 0 Å². The molecule has 1 aromatic carbocycles. The molecule has 1 saturated heterocycles. The quantitative estimate of drug-likeness (QED) is 0.895. The van der Waals surface area contributed by atoms with E-state index in [1.807, 2.05) is 0 Å². The van der Waals surface area contributed by atoms with Gasteiger partial charge in [-0.25, -0.2) is 8.78 Å². The van der Waals surface area contributed by atoms with Crippen LogP contribution >= 0.6 is 0 Å². The summed E-state index contributed by atoms with van der Waals surface area (Å²) in [6, 6.07) is 9.84. The van der Waals surface area contributed by atoms with Gasteiger partial charge in [-0.1, -0.05) is 30.3 Å². The summed E-state index contributed by atoms with van der Waals surface area (Å²) >= 11 is 0. The molecule has 0 aromatic heterocycles. The number of nitrogens with zero attached hydrogens (tertiary/aromatic N) is 1. The minimum atomic E-state index is -2.95. The fraction of sp³-hybridized carbons (Fsp3) is 0.500. The zero-order valence-electron chi connectivity index (χ0n) is 10.1. The lowest BCUT2D eigenvalue weighted by Gasteiger charge is -2.34. The molecule has 1 atom stereocenters. The molecular weight excluding hydrogens is 234 g/mol. The van der Waals surface area contributed by atoms with Crippen molar-refractivity contribution in [3.8, 4) is 6.07 Å². The molecule has 0 saturated carbocycles. The fourth-order valence-electron chi connectivity index (χ4n) is 2.46. The fourth-order valence-corrected chi connectivity index (χ4v) is 2.46. The zero-order chi connectivity index (χ0) is 13.1. The molecule has 18 heavy (non-hydrogen) atoms. The largest absolute Gasteiger partial charge is 0.315 e. The summed E-state index contributed by atoms with van der Waals surface area (Å²) in [5.41, 5.74) is -0.956. The molecule has 96 valence electrons. The number of halogens is 2. The zero-order valence-corrected chi connectivity index (χ0v) is 10.1. The highest BCUT2D eigenvalue weighted by Crippen LogP contribution is 2.42. The molecule has 1 N–H and O–H groups in total. The third-order valence-corrected chi connectivity index (χ3v) is 3.47. The van der Waals surface area contributed by atoms with Crippen LogP contribution in [0.5, 0.6) is 0 Å². The van der Waals surface area contributed by atoms with Crippen LogP contribution in [0.25, 0.3) is 0 Å². The van der Waals surface area contributed by atoms with Crippen molar-refractivity contribution in [3.05, 3.63) is 35.9 Å². The standard InChI is InChI=1S/C14H16F2N2/c15-14(16,12-5-2-1-3-6-12)9-13(10-17)7-4-8-18-11-13/h1-3,5-6,18H,4,7-9,11H2. The lowest BCUT2D eigenvalue weighted by Crippen LogP contribution is -2.42. The Morgan fingerprint density at radius 1 is 1.33 bits per heavy atom. The van der Waals surface area contributed by atoms with Gasteiger partial charge in [-0.05, 0) is 19.4 Å². The molecule has 0 radical (unpaired) electrons. The maximum atomic E-state index is 14.2. The molecule has 1 aromatic rings. The van der Waals surface area contributed by atoms with Crippen molar-refractivity contribution in [1.82, 2.24) is 5.32 Å². The van der Waals surface area contributed by atoms with Crippen molar-refractivity contribution in [2.24, 2.45) is 5.41 Å². The Kier molecular flexibility index (Phi) is 3.63. The highest BCUT2D eigenvalue weighted by atomic mass is 19.3. The van der Waals surface area contributed by atoms with E-state index in [-0.39, 0.29) is 5.56 Å². The molecule has 1 fully saturated rings. The molecule has 1 unspecified atom stereocenters. The number of piperidine rings is 1. The first-order valence-corrected chi connectivity index (χ1v) is 6.13. The van der Waals surface area contributed by atoms with Gasteiger partial charge >= 0.3 is 0 Å². The Balaban J connectivity index is 2.19. The number of nitrogens with one attached hydrogen (secondary N) is 1. The van der Waals surface area contributed by atoms with Gasteiger partial charge in [0.05, 0.1) is 11.5 Å². The van der Waals surface area contributed by atoms with Gasteiger partial charge in [-0.3, -0.25) is 0 Å². The van der Waals surface area contributed by atoms with E-state index in [9.17, 15) is 14.0 Å². The Morgan fingerprint density at radius 2 is 2.06 bits per heavy atom. The molecule has 1 heterocycles. The van der Waals surface area contributed by atoms with Crippen LogP contribution in [0, 0.1) is 16.7 Å². The van der Waals surface area contributed by atoms with Crippen molar-refractivity contribution in [1.29, 1.82) is 5.26 Å². The van der Waals surface area contributed by atoms with Crippen molar-refractivity contribution < 1.29 is 8.78 Å². The van der Waals surface area contributed by atoms with Gasteiger partial charge in [0.25, 0.3) is 5.92 Å². The molecular formula is C14H16F2N2. The normalized spacial score (nSPS) is 24.5. The maximum absolute atomic E-state index is 14.2. The number of nitriles is 1. The molecule has 4 heteroatoms. The van der Waals surface area contributed by atoms with Gasteiger partial charge in [0, 0.05) is 18.5 Å². The molecule has 2 rings (SSSR count). The van der Waals surface area contributed by atoms with E-state index in [4.69, 9.17) is 0 Å². The molecule has 1 aliphatic heterocycles. The first-order valence-electron chi connectivity index (χ1n) is 6.13. The second kappa shape index (κ2) is 5.03. The maximum Gasteiger partial charge on any atom is 0.274 e. The third-order valence-electron chi connectivity index (χ3n) is 3.47. The molecule has 0 spiro atoms. The number of benzene rings is 1. The topological polar surface area (TPSA) is 35.8 Å². The third kappa shape index (κ3) is 2.68. The predicted octanol–water partition coefficient (Wildman–Crippen LogP) is 3.06. The smallest absolute Gasteiger partial charge is 0.274 e. The van der Waals surface area contributed by atoms with E-state index in [1.165, 1.54) is 12.1 Å². The minimum absolute atomic E-state index is 0.00908. The lowest BCUT2D eigenvalue weighted by atomic mass is 9.76. The van der Waals surface area contributed by atoms with Gasteiger partial charge in [0.2, 0.25) is 0 Å². The summed E-state index contributed by atoms with van der Waals surface area (Å²) in [6.45, 7) is 1.16. The van der Waals surface area contributed by atoms with Crippen LogP contribution in [0.1, 0.15) is 24.8 Å². The molecule has 1 aliphatic rings. The number of hydrogen-bond donors (Lipinski definition) is 1. The second-order valence-corrected chi connectivity index (χ2v) is 4.92. The number of rotatable bonds is 3. The van der Waals surface area contributed by atoms with Crippen molar-refractivity contribution in [2.75, 3.05) is 13.1 Å². The molecule has 2 nitrogen and oxygen atoms in total.